The van der Waals surface area contributed by atoms with E-state index in [1.54, 1.807) is 6.20 Å². The predicted octanol–water partition coefficient (Wildman–Crippen LogP) is 2.61. The number of hydrogen-bond donors (Lipinski definition) is 2. The first kappa shape index (κ1) is 14.0. The number of amides is 1. The fraction of sp³-hybridized carbons (Fsp3) is 0.667. The van der Waals surface area contributed by atoms with E-state index in [1.165, 1.54) is 11.5 Å². The van der Waals surface area contributed by atoms with Crippen LogP contribution in [0.2, 0.25) is 0 Å². The van der Waals surface area contributed by atoms with Gasteiger partial charge >= 0.3 is 0 Å². The Balaban J connectivity index is 1.80. The average molecular weight is 333 g/mol. The van der Waals surface area contributed by atoms with Gasteiger partial charge in [-0.05, 0) is 40.3 Å². The van der Waals surface area contributed by atoms with Crippen LogP contribution < -0.4 is 5.32 Å². The van der Waals surface area contributed by atoms with Crippen molar-refractivity contribution in [3.63, 3.8) is 0 Å². The summed E-state index contributed by atoms with van der Waals surface area (Å²) in [7, 11) is 0. The van der Waals surface area contributed by atoms with Gasteiger partial charge in [0.15, 0.2) is 0 Å². The molecule has 2 N–H and O–H groups in total. The molecule has 0 unspecified atom stereocenters. The van der Waals surface area contributed by atoms with Crippen LogP contribution in [0.3, 0.4) is 0 Å². The molecule has 1 aliphatic rings. The third kappa shape index (κ3) is 3.76. The number of hydrogen-bond acceptors (Lipinski definition) is 4. The van der Waals surface area contributed by atoms with Gasteiger partial charge in [-0.25, -0.2) is 0 Å². The minimum atomic E-state index is -0.784. The second-order valence-corrected chi connectivity index (χ2v) is 6.58. The molecule has 0 bridgehead atoms. The van der Waals surface area contributed by atoms with E-state index in [-0.39, 0.29) is 12.3 Å². The Hall–Kier alpha value is -0.460. The molecular formula is C12H17BrN2O2S. The standard InChI is InChI=1S/C12H17BrN2O2S/c13-9-7-15-18-10(9)8-14-11(16)6-12(17)4-2-1-3-5-12/h7,17H,1-6,8H2,(H,14,16). The van der Waals surface area contributed by atoms with Crippen LogP contribution in [0.15, 0.2) is 10.7 Å². The van der Waals surface area contributed by atoms with E-state index in [1.807, 2.05) is 0 Å². The van der Waals surface area contributed by atoms with Gasteiger partial charge in [-0.2, -0.15) is 4.37 Å². The molecule has 0 saturated heterocycles. The topological polar surface area (TPSA) is 62.2 Å². The van der Waals surface area contributed by atoms with Crippen LogP contribution in [0, 0.1) is 0 Å². The number of aromatic nitrogens is 1. The average Bonchev–Trinajstić information content (AvgIpc) is 2.72. The highest BCUT2D eigenvalue weighted by atomic mass is 79.9. The zero-order chi connectivity index (χ0) is 13.0. The SMILES string of the molecule is O=C(CC1(O)CCCCC1)NCc1sncc1Br. The minimum Gasteiger partial charge on any atom is -0.389 e. The number of nitrogens with zero attached hydrogens (tertiary/aromatic N) is 1. The van der Waals surface area contributed by atoms with Crippen molar-refractivity contribution >= 4 is 33.4 Å². The Kier molecular flexibility index (Phi) is 4.75. The molecule has 100 valence electrons. The van der Waals surface area contributed by atoms with Gasteiger partial charge < -0.3 is 10.4 Å². The van der Waals surface area contributed by atoms with Crippen molar-refractivity contribution in [2.75, 3.05) is 0 Å². The van der Waals surface area contributed by atoms with Crippen LogP contribution in [-0.4, -0.2) is 21.0 Å². The quantitative estimate of drug-likeness (QED) is 0.890. The Morgan fingerprint density at radius 3 is 2.83 bits per heavy atom. The molecule has 0 atom stereocenters. The Morgan fingerprint density at radius 1 is 1.50 bits per heavy atom. The molecular weight excluding hydrogens is 316 g/mol. The Morgan fingerprint density at radius 2 is 2.22 bits per heavy atom. The maximum Gasteiger partial charge on any atom is 0.223 e. The zero-order valence-electron chi connectivity index (χ0n) is 10.1. The summed E-state index contributed by atoms with van der Waals surface area (Å²) in [6.07, 6.45) is 6.62. The molecule has 0 aromatic carbocycles. The summed E-state index contributed by atoms with van der Waals surface area (Å²) in [6, 6.07) is 0. The largest absolute Gasteiger partial charge is 0.389 e. The van der Waals surface area contributed by atoms with Crippen molar-refractivity contribution in [2.24, 2.45) is 0 Å². The monoisotopic (exact) mass is 332 g/mol. The van der Waals surface area contributed by atoms with E-state index in [4.69, 9.17) is 0 Å². The maximum absolute atomic E-state index is 11.8. The van der Waals surface area contributed by atoms with E-state index in [2.05, 4.69) is 25.6 Å². The molecule has 0 radical (unpaired) electrons. The van der Waals surface area contributed by atoms with E-state index in [0.717, 1.165) is 41.5 Å². The first-order chi connectivity index (χ1) is 8.59. The normalized spacial score (nSPS) is 18.6. The van der Waals surface area contributed by atoms with E-state index >= 15 is 0 Å². The molecule has 4 nitrogen and oxygen atoms in total. The lowest BCUT2D eigenvalue weighted by Crippen LogP contribution is -2.38. The van der Waals surface area contributed by atoms with Crippen LogP contribution in [-0.2, 0) is 11.3 Å². The molecule has 1 fully saturated rings. The Bertz CT molecular complexity index is 416. The third-order valence-electron chi connectivity index (χ3n) is 3.32. The van der Waals surface area contributed by atoms with Gasteiger partial charge in [-0.1, -0.05) is 19.3 Å². The molecule has 1 aromatic heterocycles. The fourth-order valence-electron chi connectivity index (χ4n) is 2.30. The minimum absolute atomic E-state index is 0.0836. The number of nitrogens with one attached hydrogen (secondary N) is 1. The first-order valence-electron chi connectivity index (χ1n) is 6.17. The zero-order valence-corrected chi connectivity index (χ0v) is 12.5. The number of rotatable bonds is 4. The van der Waals surface area contributed by atoms with Gasteiger partial charge in [0, 0.05) is 0 Å². The molecule has 2 rings (SSSR count). The summed E-state index contributed by atoms with van der Waals surface area (Å²) in [6.45, 7) is 0.472. The Labute approximate surface area is 119 Å². The predicted molar refractivity (Wildman–Crippen MR) is 74.3 cm³/mol. The summed E-state index contributed by atoms with van der Waals surface area (Å²) in [5, 5.41) is 13.1. The van der Waals surface area contributed by atoms with Crippen molar-refractivity contribution < 1.29 is 9.90 Å². The van der Waals surface area contributed by atoms with E-state index in [9.17, 15) is 9.90 Å². The van der Waals surface area contributed by atoms with Crippen LogP contribution in [0.4, 0.5) is 0 Å². The van der Waals surface area contributed by atoms with Gasteiger partial charge in [0.05, 0.1) is 34.1 Å². The summed E-state index contributed by atoms with van der Waals surface area (Å²) < 4.78 is 4.94. The third-order valence-corrected chi connectivity index (χ3v) is 5.06. The number of carbonyl (C=O) groups is 1. The molecule has 1 aliphatic carbocycles. The van der Waals surface area contributed by atoms with Crippen molar-refractivity contribution in [1.29, 1.82) is 0 Å². The molecule has 1 heterocycles. The molecule has 1 saturated carbocycles. The summed E-state index contributed by atoms with van der Waals surface area (Å²) in [4.78, 5) is 12.8. The van der Waals surface area contributed by atoms with Gasteiger partial charge in [-0.3, -0.25) is 4.79 Å². The van der Waals surface area contributed by atoms with Gasteiger partial charge in [0.25, 0.3) is 0 Å². The number of aliphatic hydroxyl groups is 1. The lowest BCUT2D eigenvalue weighted by molar-refractivity contribution is -0.127. The van der Waals surface area contributed by atoms with Gasteiger partial charge in [-0.15, -0.1) is 0 Å². The van der Waals surface area contributed by atoms with Gasteiger partial charge in [0.1, 0.15) is 0 Å². The second-order valence-electron chi connectivity index (χ2n) is 4.84. The highest BCUT2D eigenvalue weighted by Gasteiger charge is 2.31. The molecule has 0 spiro atoms. The molecule has 6 heteroatoms. The second kappa shape index (κ2) is 6.12. The maximum atomic E-state index is 11.8. The number of halogens is 1. The summed E-state index contributed by atoms with van der Waals surface area (Å²) in [5.74, 6) is -0.0836. The fourth-order valence-corrected chi connectivity index (χ4v) is 3.45. The highest BCUT2D eigenvalue weighted by Crippen LogP contribution is 2.30. The van der Waals surface area contributed by atoms with Crippen molar-refractivity contribution in [3.05, 3.63) is 15.5 Å². The lowest BCUT2D eigenvalue weighted by Gasteiger charge is -2.31. The van der Waals surface area contributed by atoms with Crippen molar-refractivity contribution in [3.8, 4) is 0 Å². The van der Waals surface area contributed by atoms with Crippen molar-refractivity contribution in [2.45, 2.75) is 50.7 Å². The van der Waals surface area contributed by atoms with Crippen LogP contribution in [0.5, 0.6) is 0 Å². The molecule has 18 heavy (non-hydrogen) atoms. The van der Waals surface area contributed by atoms with E-state index < -0.39 is 5.60 Å². The van der Waals surface area contributed by atoms with Gasteiger partial charge in [0.2, 0.25) is 5.91 Å². The lowest BCUT2D eigenvalue weighted by atomic mass is 9.82. The summed E-state index contributed by atoms with van der Waals surface area (Å²) >= 11 is 4.74. The number of carbonyl (C=O) groups excluding carboxylic acids is 1. The van der Waals surface area contributed by atoms with Crippen LogP contribution in [0.25, 0.3) is 0 Å². The summed E-state index contributed by atoms with van der Waals surface area (Å²) in [5.41, 5.74) is -0.784. The van der Waals surface area contributed by atoms with E-state index in [0.29, 0.717) is 6.54 Å². The molecule has 0 aliphatic heterocycles. The molecule has 1 aromatic rings. The first-order valence-corrected chi connectivity index (χ1v) is 7.74. The highest BCUT2D eigenvalue weighted by molar-refractivity contribution is 9.10. The molecule has 1 amide bonds. The van der Waals surface area contributed by atoms with Crippen LogP contribution >= 0.6 is 27.5 Å². The van der Waals surface area contributed by atoms with Crippen LogP contribution in [0.1, 0.15) is 43.4 Å². The van der Waals surface area contributed by atoms with Crippen molar-refractivity contribution in [1.82, 2.24) is 9.69 Å². The smallest absolute Gasteiger partial charge is 0.223 e.